The van der Waals surface area contributed by atoms with Gasteiger partial charge in [0.15, 0.2) is 0 Å². The Labute approximate surface area is 111 Å². The largest absolute Gasteiger partial charge is 0.392 e. The lowest BCUT2D eigenvalue weighted by Crippen LogP contribution is -2.34. The van der Waals surface area contributed by atoms with Gasteiger partial charge in [-0.2, -0.15) is 0 Å². The van der Waals surface area contributed by atoms with Gasteiger partial charge in [-0.15, -0.1) is 0 Å². The minimum absolute atomic E-state index is 0.136. The highest BCUT2D eigenvalue weighted by molar-refractivity contribution is 5.51. The molecule has 0 atom stereocenters. The first-order valence-electron chi connectivity index (χ1n) is 7.05. The fourth-order valence-electron chi connectivity index (χ4n) is 2.92. The van der Waals surface area contributed by atoms with Crippen molar-refractivity contribution in [3.05, 3.63) is 29.3 Å². The van der Waals surface area contributed by atoms with E-state index in [2.05, 4.69) is 37.9 Å². The molecular weight excluding hydrogens is 222 g/mol. The quantitative estimate of drug-likeness (QED) is 0.883. The molecular formula is C16H25NO. The van der Waals surface area contributed by atoms with Gasteiger partial charge in [-0.1, -0.05) is 13.0 Å². The van der Waals surface area contributed by atoms with Crippen molar-refractivity contribution in [2.24, 2.45) is 5.92 Å². The van der Waals surface area contributed by atoms with Crippen LogP contribution >= 0.6 is 0 Å². The van der Waals surface area contributed by atoms with E-state index >= 15 is 0 Å². The second-order valence-corrected chi connectivity index (χ2v) is 5.79. The van der Waals surface area contributed by atoms with Crippen LogP contribution in [0.4, 0.5) is 5.69 Å². The number of anilines is 1. The molecule has 1 aromatic carbocycles. The Morgan fingerprint density at radius 1 is 1.22 bits per heavy atom. The zero-order valence-electron chi connectivity index (χ0n) is 11.8. The zero-order chi connectivity index (χ0) is 13.1. The number of nitrogens with zero attached hydrogens (tertiary/aromatic N) is 1. The van der Waals surface area contributed by atoms with E-state index in [1.54, 1.807) is 0 Å². The molecule has 2 heteroatoms. The molecule has 0 bridgehead atoms. The normalized spacial score (nSPS) is 24.0. The standard InChI is InChI=1S/C16H25NO/c1-12-4-7-15(8-5-12)17(3)16-9-6-14(11-18)13(2)10-16/h6,9-10,12,15,18H,4-5,7-8,11H2,1-3H3. The lowest BCUT2D eigenvalue weighted by molar-refractivity contribution is 0.281. The molecule has 0 aromatic heterocycles. The Morgan fingerprint density at radius 3 is 2.44 bits per heavy atom. The van der Waals surface area contributed by atoms with Crippen molar-refractivity contribution in [1.29, 1.82) is 0 Å². The van der Waals surface area contributed by atoms with Crippen LogP contribution in [0.25, 0.3) is 0 Å². The van der Waals surface area contributed by atoms with Crippen molar-refractivity contribution in [3.63, 3.8) is 0 Å². The minimum Gasteiger partial charge on any atom is -0.392 e. The third-order valence-corrected chi connectivity index (χ3v) is 4.44. The molecule has 0 aliphatic heterocycles. The molecule has 2 nitrogen and oxygen atoms in total. The van der Waals surface area contributed by atoms with E-state index < -0.39 is 0 Å². The van der Waals surface area contributed by atoms with Gasteiger partial charge < -0.3 is 10.0 Å². The highest BCUT2D eigenvalue weighted by Gasteiger charge is 2.22. The summed E-state index contributed by atoms with van der Waals surface area (Å²) in [6.07, 6.45) is 5.31. The van der Waals surface area contributed by atoms with E-state index in [0.29, 0.717) is 6.04 Å². The second kappa shape index (κ2) is 5.75. The van der Waals surface area contributed by atoms with Crippen LogP contribution in [0.15, 0.2) is 18.2 Å². The van der Waals surface area contributed by atoms with E-state index in [1.807, 2.05) is 6.07 Å². The van der Waals surface area contributed by atoms with Gasteiger partial charge in [0.1, 0.15) is 0 Å². The number of benzene rings is 1. The second-order valence-electron chi connectivity index (χ2n) is 5.79. The average molecular weight is 247 g/mol. The Balaban J connectivity index is 2.08. The summed E-state index contributed by atoms with van der Waals surface area (Å²) >= 11 is 0. The molecule has 0 spiro atoms. The van der Waals surface area contributed by atoms with Crippen molar-refractivity contribution >= 4 is 5.69 Å². The number of aliphatic hydroxyl groups is 1. The summed E-state index contributed by atoms with van der Waals surface area (Å²) in [5.41, 5.74) is 3.50. The van der Waals surface area contributed by atoms with E-state index in [1.165, 1.54) is 36.9 Å². The van der Waals surface area contributed by atoms with E-state index in [-0.39, 0.29) is 6.61 Å². The fourth-order valence-corrected chi connectivity index (χ4v) is 2.92. The van der Waals surface area contributed by atoms with E-state index in [0.717, 1.165) is 11.5 Å². The van der Waals surface area contributed by atoms with E-state index in [9.17, 15) is 5.11 Å². The van der Waals surface area contributed by atoms with Crippen molar-refractivity contribution in [3.8, 4) is 0 Å². The van der Waals surface area contributed by atoms with Gasteiger partial charge in [-0.3, -0.25) is 0 Å². The Morgan fingerprint density at radius 2 is 1.89 bits per heavy atom. The Kier molecular flexibility index (Phi) is 4.28. The molecule has 18 heavy (non-hydrogen) atoms. The maximum atomic E-state index is 9.21. The number of hydrogen-bond acceptors (Lipinski definition) is 2. The first kappa shape index (κ1) is 13.4. The summed E-state index contributed by atoms with van der Waals surface area (Å²) in [5, 5.41) is 9.21. The summed E-state index contributed by atoms with van der Waals surface area (Å²) in [6, 6.07) is 7.06. The molecule has 1 N–H and O–H groups in total. The molecule has 0 unspecified atom stereocenters. The topological polar surface area (TPSA) is 23.5 Å². The summed E-state index contributed by atoms with van der Waals surface area (Å²) in [6.45, 7) is 4.57. The predicted octanol–water partition coefficient (Wildman–Crippen LogP) is 3.50. The van der Waals surface area contributed by atoms with Crippen LogP contribution in [0.3, 0.4) is 0 Å². The molecule has 1 saturated carbocycles. The highest BCUT2D eigenvalue weighted by Crippen LogP contribution is 2.30. The van der Waals surface area contributed by atoms with Crippen LogP contribution in [-0.2, 0) is 6.61 Å². The smallest absolute Gasteiger partial charge is 0.0684 e. The monoisotopic (exact) mass is 247 g/mol. The Hall–Kier alpha value is -1.02. The molecule has 2 rings (SSSR count). The van der Waals surface area contributed by atoms with Gasteiger partial charge >= 0.3 is 0 Å². The average Bonchev–Trinajstić information content (AvgIpc) is 2.38. The van der Waals surface area contributed by atoms with Crippen LogP contribution in [0.5, 0.6) is 0 Å². The summed E-state index contributed by atoms with van der Waals surface area (Å²) in [4.78, 5) is 2.42. The summed E-state index contributed by atoms with van der Waals surface area (Å²) in [5.74, 6) is 0.896. The summed E-state index contributed by atoms with van der Waals surface area (Å²) in [7, 11) is 2.20. The Bertz CT molecular complexity index is 394. The van der Waals surface area contributed by atoms with Gasteiger partial charge in [0, 0.05) is 18.8 Å². The molecule has 1 aromatic rings. The first-order valence-corrected chi connectivity index (χ1v) is 7.05. The third-order valence-electron chi connectivity index (χ3n) is 4.44. The lowest BCUT2D eigenvalue weighted by Gasteiger charge is -2.35. The van der Waals surface area contributed by atoms with Crippen molar-refractivity contribution in [2.45, 2.75) is 52.2 Å². The van der Waals surface area contributed by atoms with Crippen LogP contribution in [0.2, 0.25) is 0 Å². The molecule has 0 saturated heterocycles. The molecule has 1 aliphatic carbocycles. The van der Waals surface area contributed by atoms with Crippen LogP contribution in [-0.4, -0.2) is 18.2 Å². The van der Waals surface area contributed by atoms with Crippen LogP contribution in [0.1, 0.15) is 43.7 Å². The van der Waals surface area contributed by atoms with Crippen LogP contribution < -0.4 is 4.90 Å². The van der Waals surface area contributed by atoms with Gasteiger partial charge in [0.2, 0.25) is 0 Å². The van der Waals surface area contributed by atoms with Gasteiger partial charge in [0.25, 0.3) is 0 Å². The molecule has 0 amide bonds. The SMILES string of the molecule is Cc1cc(N(C)C2CCC(C)CC2)ccc1CO. The lowest BCUT2D eigenvalue weighted by atomic mass is 9.86. The van der Waals surface area contributed by atoms with Crippen molar-refractivity contribution in [2.75, 3.05) is 11.9 Å². The maximum absolute atomic E-state index is 9.21. The summed E-state index contributed by atoms with van der Waals surface area (Å²) < 4.78 is 0. The first-order chi connectivity index (χ1) is 8.61. The molecule has 0 heterocycles. The highest BCUT2D eigenvalue weighted by atomic mass is 16.3. The molecule has 0 radical (unpaired) electrons. The number of aryl methyl sites for hydroxylation is 1. The molecule has 1 fully saturated rings. The minimum atomic E-state index is 0.136. The molecule has 1 aliphatic rings. The molecule has 100 valence electrons. The van der Waals surface area contributed by atoms with Crippen molar-refractivity contribution in [1.82, 2.24) is 0 Å². The van der Waals surface area contributed by atoms with Gasteiger partial charge in [0.05, 0.1) is 6.61 Å². The predicted molar refractivity (Wildman–Crippen MR) is 76.9 cm³/mol. The van der Waals surface area contributed by atoms with E-state index in [4.69, 9.17) is 0 Å². The number of hydrogen-bond donors (Lipinski definition) is 1. The van der Waals surface area contributed by atoms with Crippen LogP contribution in [0, 0.1) is 12.8 Å². The van der Waals surface area contributed by atoms with Gasteiger partial charge in [-0.25, -0.2) is 0 Å². The zero-order valence-corrected chi connectivity index (χ0v) is 11.8. The van der Waals surface area contributed by atoms with Gasteiger partial charge in [-0.05, 0) is 61.8 Å². The maximum Gasteiger partial charge on any atom is 0.0684 e. The van der Waals surface area contributed by atoms with Crippen molar-refractivity contribution < 1.29 is 5.11 Å². The fraction of sp³-hybridized carbons (Fsp3) is 0.625. The third kappa shape index (κ3) is 2.86. The number of rotatable bonds is 3. The number of aliphatic hydroxyl groups excluding tert-OH is 1.